The van der Waals surface area contributed by atoms with E-state index in [9.17, 15) is 0 Å². The molecule has 1 heteroatoms. The molecule has 1 saturated heterocycles. The summed E-state index contributed by atoms with van der Waals surface area (Å²) in [7, 11) is 0. The Bertz CT molecular complexity index is 99.1. The number of nitrogens with one attached hydrogen (secondary N) is 1. The van der Waals surface area contributed by atoms with Gasteiger partial charge in [0.25, 0.3) is 0 Å². The summed E-state index contributed by atoms with van der Waals surface area (Å²) in [6.45, 7) is 2.28. The van der Waals surface area contributed by atoms with Crippen molar-refractivity contribution in [1.82, 2.24) is 5.32 Å². The molecule has 1 aliphatic carbocycles. The van der Waals surface area contributed by atoms with E-state index in [2.05, 4.69) is 12.2 Å². The summed E-state index contributed by atoms with van der Waals surface area (Å²) in [4.78, 5) is 0. The van der Waals surface area contributed by atoms with Crippen molar-refractivity contribution in [2.24, 2.45) is 5.92 Å². The van der Waals surface area contributed by atoms with Crippen molar-refractivity contribution in [3.05, 3.63) is 0 Å². The highest BCUT2D eigenvalue weighted by molar-refractivity contribution is 4.96. The lowest BCUT2D eigenvalue weighted by Crippen LogP contribution is -2.37. The largest absolute Gasteiger partial charge is 0.311 e. The van der Waals surface area contributed by atoms with Crippen LogP contribution >= 0.6 is 0 Å². The van der Waals surface area contributed by atoms with E-state index in [-0.39, 0.29) is 0 Å². The SMILES string of the molecule is CCC1CC2CCC2N1. The summed E-state index contributed by atoms with van der Waals surface area (Å²) < 4.78 is 0. The summed E-state index contributed by atoms with van der Waals surface area (Å²) in [6, 6.07) is 1.79. The van der Waals surface area contributed by atoms with Crippen LogP contribution < -0.4 is 5.32 Å². The smallest absolute Gasteiger partial charge is 0.00986 e. The molecular formula is C8H15N. The zero-order valence-electron chi connectivity index (χ0n) is 6.06. The molecule has 0 amide bonds. The van der Waals surface area contributed by atoms with Crippen LogP contribution in [0.5, 0.6) is 0 Å². The van der Waals surface area contributed by atoms with Crippen molar-refractivity contribution in [2.75, 3.05) is 0 Å². The fourth-order valence-corrected chi connectivity index (χ4v) is 2.09. The summed E-state index contributed by atoms with van der Waals surface area (Å²) in [5.41, 5.74) is 0. The maximum absolute atomic E-state index is 3.64. The molecule has 1 nitrogen and oxygen atoms in total. The Morgan fingerprint density at radius 3 is 2.67 bits per heavy atom. The fraction of sp³-hybridized carbons (Fsp3) is 1.00. The summed E-state index contributed by atoms with van der Waals surface area (Å²) in [5, 5.41) is 3.64. The molecule has 2 rings (SSSR count). The van der Waals surface area contributed by atoms with Gasteiger partial charge in [0.2, 0.25) is 0 Å². The second-order valence-electron chi connectivity index (χ2n) is 3.45. The zero-order valence-corrected chi connectivity index (χ0v) is 6.06. The minimum Gasteiger partial charge on any atom is -0.311 e. The molecule has 1 N–H and O–H groups in total. The van der Waals surface area contributed by atoms with E-state index >= 15 is 0 Å². The molecular weight excluding hydrogens is 110 g/mol. The van der Waals surface area contributed by atoms with E-state index in [0.717, 1.165) is 18.0 Å². The van der Waals surface area contributed by atoms with E-state index in [0.29, 0.717) is 0 Å². The Morgan fingerprint density at radius 2 is 2.33 bits per heavy atom. The first-order valence-corrected chi connectivity index (χ1v) is 4.16. The third-order valence-corrected chi connectivity index (χ3v) is 2.95. The summed E-state index contributed by atoms with van der Waals surface area (Å²) in [6.07, 6.45) is 5.73. The monoisotopic (exact) mass is 125 g/mol. The molecule has 1 aliphatic heterocycles. The molecule has 0 radical (unpaired) electrons. The molecule has 3 unspecified atom stereocenters. The van der Waals surface area contributed by atoms with E-state index in [1.807, 2.05) is 0 Å². The van der Waals surface area contributed by atoms with Gasteiger partial charge in [0.1, 0.15) is 0 Å². The van der Waals surface area contributed by atoms with Gasteiger partial charge in [0.05, 0.1) is 0 Å². The van der Waals surface area contributed by atoms with E-state index in [1.54, 1.807) is 0 Å². The van der Waals surface area contributed by atoms with Gasteiger partial charge in [0.15, 0.2) is 0 Å². The molecule has 3 atom stereocenters. The lowest BCUT2D eigenvalue weighted by molar-refractivity contribution is 0.276. The third kappa shape index (κ3) is 0.787. The number of fused-ring (bicyclic) bond motifs is 1. The van der Waals surface area contributed by atoms with Gasteiger partial charge in [-0.25, -0.2) is 0 Å². The van der Waals surface area contributed by atoms with Crippen LogP contribution in [0.25, 0.3) is 0 Å². The van der Waals surface area contributed by atoms with Gasteiger partial charge in [-0.05, 0) is 31.6 Å². The van der Waals surface area contributed by atoms with Crippen LogP contribution in [0.3, 0.4) is 0 Å². The second-order valence-corrected chi connectivity index (χ2v) is 3.45. The van der Waals surface area contributed by atoms with Crippen molar-refractivity contribution in [3.8, 4) is 0 Å². The summed E-state index contributed by atoms with van der Waals surface area (Å²) >= 11 is 0. The zero-order chi connectivity index (χ0) is 6.27. The normalized spacial score (nSPS) is 48.3. The van der Waals surface area contributed by atoms with Crippen LogP contribution in [0.4, 0.5) is 0 Å². The Morgan fingerprint density at radius 1 is 1.44 bits per heavy atom. The standard InChI is InChI=1S/C8H15N/c1-2-7-5-6-3-4-8(6)9-7/h6-9H,2-5H2,1H3. The maximum Gasteiger partial charge on any atom is 0.00986 e. The van der Waals surface area contributed by atoms with Gasteiger partial charge in [-0.1, -0.05) is 6.92 Å². The number of hydrogen-bond acceptors (Lipinski definition) is 1. The quantitative estimate of drug-likeness (QED) is 0.560. The first-order valence-electron chi connectivity index (χ1n) is 4.16. The van der Waals surface area contributed by atoms with Crippen molar-refractivity contribution in [2.45, 2.75) is 44.7 Å². The topological polar surface area (TPSA) is 12.0 Å². The minimum atomic E-state index is 0.863. The molecule has 0 aromatic carbocycles. The van der Waals surface area contributed by atoms with Gasteiger partial charge in [-0.3, -0.25) is 0 Å². The average molecular weight is 125 g/mol. The Hall–Kier alpha value is -0.0400. The highest BCUT2D eigenvalue weighted by atomic mass is 15.0. The highest BCUT2D eigenvalue weighted by Crippen LogP contribution is 2.37. The predicted molar refractivity (Wildman–Crippen MR) is 38.3 cm³/mol. The average Bonchev–Trinajstić information content (AvgIpc) is 2.10. The molecule has 0 spiro atoms. The first kappa shape index (κ1) is 5.72. The second kappa shape index (κ2) is 1.98. The van der Waals surface area contributed by atoms with Crippen LogP contribution in [0.15, 0.2) is 0 Å². The van der Waals surface area contributed by atoms with Crippen molar-refractivity contribution in [1.29, 1.82) is 0 Å². The highest BCUT2D eigenvalue weighted by Gasteiger charge is 2.38. The molecule has 0 aromatic rings. The van der Waals surface area contributed by atoms with Gasteiger partial charge in [-0.2, -0.15) is 0 Å². The molecule has 2 fully saturated rings. The van der Waals surface area contributed by atoms with Gasteiger partial charge >= 0.3 is 0 Å². The van der Waals surface area contributed by atoms with Crippen LogP contribution in [-0.4, -0.2) is 12.1 Å². The predicted octanol–water partition coefficient (Wildman–Crippen LogP) is 1.54. The molecule has 9 heavy (non-hydrogen) atoms. The van der Waals surface area contributed by atoms with Crippen molar-refractivity contribution in [3.63, 3.8) is 0 Å². The number of rotatable bonds is 1. The lowest BCUT2D eigenvalue weighted by atomic mass is 9.80. The summed E-state index contributed by atoms with van der Waals surface area (Å²) in [5.74, 6) is 1.06. The van der Waals surface area contributed by atoms with Gasteiger partial charge in [-0.15, -0.1) is 0 Å². The van der Waals surface area contributed by atoms with Gasteiger partial charge < -0.3 is 5.32 Å². The molecule has 0 aromatic heterocycles. The molecule has 2 aliphatic rings. The minimum absolute atomic E-state index is 0.863. The fourth-order valence-electron chi connectivity index (χ4n) is 2.09. The van der Waals surface area contributed by atoms with Crippen LogP contribution in [0.1, 0.15) is 32.6 Å². The van der Waals surface area contributed by atoms with E-state index in [4.69, 9.17) is 0 Å². The molecule has 0 bridgehead atoms. The number of hydrogen-bond donors (Lipinski definition) is 1. The Balaban J connectivity index is 1.91. The van der Waals surface area contributed by atoms with Crippen LogP contribution in [0.2, 0.25) is 0 Å². The van der Waals surface area contributed by atoms with Crippen LogP contribution in [0, 0.1) is 5.92 Å². The van der Waals surface area contributed by atoms with E-state index < -0.39 is 0 Å². The Kier molecular flexibility index (Phi) is 1.26. The lowest BCUT2D eigenvalue weighted by Gasteiger charge is -2.29. The molecule has 1 saturated carbocycles. The maximum atomic E-state index is 3.64. The molecule has 52 valence electrons. The first-order chi connectivity index (χ1) is 4.40. The van der Waals surface area contributed by atoms with Crippen molar-refractivity contribution < 1.29 is 0 Å². The molecule has 1 heterocycles. The van der Waals surface area contributed by atoms with Crippen LogP contribution in [-0.2, 0) is 0 Å². The van der Waals surface area contributed by atoms with Gasteiger partial charge in [0, 0.05) is 12.1 Å². The van der Waals surface area contributed by atoms with Crippen molar-refractivity contribution >= 4 is 0 Å². The van der Waals surface area contributed by atoms with E-state index in [1.165, 1.54) is 25.7 Å². The third-order valence-electron chi connectivity index (χ3n) is 2.95. The Labute approximate surface area is 56.8 Å².